The molecule has 0 spiro atoms. The highest BCUT2D eigenvalue weighted by Gasteiger charge is 2.47. The molecule has 7 aromatic rings. The molecule has 0 fully saturated rings. The molecule has 0 aliphatic heterocycles. The van der Waals surface area contributed by atoms with Gasteiger partial charge in [0.2, 0.25) is 0 Å². The van der Waals surface area contributed by atoms with Gasteiger partial charge in [-0.25, -0.2) is 0 Å². The van der Waals surface area contributed by atoms with Crippen LogP contribution in [0.1, 0.15) is 251 Å². The Morgan fingerprint density at radius 2 is 0.465 bits per heavy atom. The Balaban J connectivity index is 0.964. The van der Waals surface area contributed by atoms with E-state index in [1.807, 2.05) is 0 Å². The van der Waals surface area contributed by atoms with Gasteiger partial charge in [-0.15, -0.1) is 0 Å². The molecule has 0 unspecified atom stereocenters. The van der Waals surface area contributed by atoms with Crippen LogP contribution < -0.4 is 9.80 Å². The third kappa shape index (κ3) is 15.3. The fourth-order valence-corrected chi connectivity index (χ4v) is 13.9. The summed E-state index contributed by atoms with van der Waals surface area (Å²) in [4.78, 5) is 5.12. The van der Waals surface area contributed by atoms with Gasteiger partial charge in [-0.2, -0.15) is 0 Å². The molecule has 2 heteroatoms. The van der Waals surface area contributed by atoms with E-state index in [9.17, 15) is 0 Å². The van der Waals surface area contributed by atoms with E-state index in [1.165, 1.54) is 207 Å². The largest absolute Gasteiger partial charge is 0.372 e. The van der Waals surface area contributed by atoms with E-state index in [2.05, 4.69) is 259 Å². The van der Waals surface area contributed by atoms with Crippen molar-refractivity contribution < 1.29 is 0 Å². The van der Waals surface area contributed by atoms with Crippen LogP contribution in [-0.2, 0) is 10.8 Å². The van der Waals surface area contributed by atoms with Crippen molar-refractivity contribution in [2.24, 2.45) is 0 Å². The highest BCUT2D eigenvalue weighted by molar-refractivity contribution is 5.91. The van der Waals surface area contributed by atoms with E-state index < -0.39 is 0 Å². The van der Waals surface area contributed by atoms with Gasteiger partial charge in [-0.3, -0.25) is 0 Å². The summed E-state index contributed by atoms with van der Waals surface area (Å²) < 4.78 is 0. The molecule has 86 heavy (non-hydrogen) atoms. The Hall–Kier alpha value is -6.90. The van der Waals surface area contributed by atoms with E-state index >= 15 is 0 Å². The quantitative estimate of drug-likeness (QED) is 0.0371. The first-order chi connectivity index (χ1) is 42.2. The minimum absolute atomic E-state index is 0.0188. The summed E-state index contributed by atoms with van der Waals surface area (Å²) in [7, 11) is 0. The van der Waals surface area contributed by atoms with E-state index in [0.29, 0.717) is 0 Å². The van der Waals surface area contributed by atoms with Crippen molar-refractivity contribution in [3.63, 3.8) is 0 Å². The fraction of sp³-hybridized carbons (Fsp3) is 0.405. The van der Waals surface area contributed by atoms with Crippen molar-refractivity contribution >= 4 is 60.0 Å². The Morgan fingerprint density at radius 1 is 0.244 bits per heavy atom. The molecule has 450 valence electrons. The monoisotopic (exact) mass is 1140 g/mol. The zero-order chi connectivity index (χ0) is 60.1. The molecule has 2 aliphatic rings. The summed E-state index contributed by atoms with van der Waals surface area (Å²) in [6.45, 7) is 23.2. The van der Waals surface area contributed by atoms with Gasteiger partial charge in [0.25, 0.3) is 0 Å². The SMILES string of the molecule is CCCCN(CCCC)c1ccc(/C=C/c2ccc(/C=C/c3ccc4c(c3)C(CCCC)(CCCC)c3cc5c(cc3-4)C(CCCC)(CCCC)c3cc(/C=C/c4ccc(/C=C/c6ccc(N(CCCC)CCCC)cc6)cc4)ccc3-5)cc2)cc1. The van der Waals surface area contributed by atoms with Gasteiger partial charge in [0.1, 0.15) is 0 Å². The zero-order valence-electron chi connectivity index (χ0n) is 54.3. The van der Waals surface area contributed by atoms with Crippen molar-refractivity contribution in [1.29, 1.82) is 0 Å². The van der Waals surface area contributed by atoms with Crippen LogP contribution in [-0.4, -0.2) is 26.2 Å². The van der Waals surface area contributed by atoms with Crippen molar-refractivity contribution in [1.82, 2.24) is 0 Å². The van der Waals surface area contributed by atoms with Crippen molar-refractivity contribution in [2.75, 3.05) is 36.0 Å². The van der Waals surface area contributed by atoms with Gasteiger partial charge in [-0.05, 0) is 177 Å². The van der Waals surface area contributed by atoms with Crippen LogP contribution in [0.2, 0.25) is 0 Å². The average Bonchev–Trinajstić information content (AvgIpc) is 1.63. The second-order valence-electron chi connectivity index (χ2n) is 25.4. The molecule has 0 saturated carbocycles. The smallest absolute Gasteiger partial charge is 0.0366 e. The Bertz CT molecular complexity index is 3090. The van der Waals surface area contributed by atoms with Gasteiger partial charge < -0.3 is 9.80 Å². The molecule has 7 aromatic carbocycles. The summed E-state index contributed by atoms with van der Waals surface area (Å²) in [6.07, 6.45) is 42.6. The highest BCUT2D eigenvalue weighted by atomic mass is 15.1. The third-order valence-corrected chi connectivity index (χ3v) is 19.1. The Labute approximate surface area is 522 Å². The molecular weight excluding hydrogens is 1040 g/mol. The maximum Gasteiger partial charge on any atom is 0.0366 e. The van der Waals surface area contributed by atoms with Crippen LogP contribution in [0.3, 0.4) is 0 Å². The van der Waals surface area contributed by atoms with Crippen LogP contribution in [0.15, 0.2) is 146 Å². The number of hydrogen-bond acceptors (Lipinski definition) is 2. The summed E-state index contributed by atoms with van der Waals surface area (Å²) in [6, 6.07) is 56.8. The van der Waals surface area contributed by atoms with Gasteiger partial charge in [-0.1, -0.05) is 290 Å². The zero-order valence-corrected chi connectivity index (χ0v) is 54.3. The maximum absolute atomic E-state index is 2.74. The molecule has 0 bridgehead atoms. The van der Waals surface area contributed by atoms with E-state index in [4.69, 9.17) is 0 Å². The maximum atomic E-state index is 2.74. The third-order valence-electron chi connectivity index (χ3n) is 19.1. The molecule has 0 heterocycles. The molecule has 0 N–H and O–H groups in total. The normalized spacial score (nSPS) is 13.8. The van der Waals surface area contributed by atoms with Crippen LogP contribution in [0.4, 0.5) is 11.4 Å². The second-order valence-corrected chi connectivity index (χ2v) is 25.4. The van der Waals surface area contributed by atoms with Gasteiger partial charge in [0.05, 0.1) is 0 Å². The highest BCUT2D eigenvalue weighted by Crippen LogP contribution is 2.61. The first-order valence-electron chi connectivity index (χ1n) is 34.3. The molecule has 9 rings (SSSR count). The van der Waals surface area contributed by atoms with Crippen LogP contribution in [0.5, 0.6) is 0 Å². The lowest BCUT2D eigenvalue weighted by Gasteiger charge is -2.34. The number of fused-ring (bicyclic) bond motifs is 6. The van der Waals surface area contributed by atoms with Crippen LogP contribution in [0, 0.1) is 0 Å². The minimum atomic E-state index is -0.0188. The molecule has 0 aromatic heterocycles. The molecule has 2 aliphatic carbocycles. The topological polar surface area (TPSA) is 6.48 Å². The number of anilines is 2. The summed E-state index contributed by atoms with van der Waals surface area (Å²) >= 11 is 0. The van der Waals surface area contributed by atoms with Gasteiger partial charge in [0, 0.05) is 48.4 Å². The predicted octanol–water partition coefficient (Wildman–Crippen LogP) is 24.5. The first kappa shape index (κ1) is 63.6. The summed E-state index contributed by atoms with van der Waals surface area (Å²) in [5.74, 6) is 0. The lowest BCUT2D eigenvalue weighted by Crippen LogP contribution is -2.27. The Morgan fingerprint density at radius 3 is 0.721 bits per heavy atom. The fourth-order valence-electron chi connectivity index (χ4n) is 13.9. The number of unbranched alkanes of at least 4 members (excludes halogenated alkanes) is 8. The average molecular weight is 1140 g/mol. The van der Waals surface area contributed by atoms with E-state index in [1.54, 1.807) is 22.3 Å². The molecule has 2 nitrogen and oxygen atoms in total. The van der Waals surface area contributed by atoms with Crippen molar-refractivity contribution in [2.45, 2.75) is 195 Å². The standard InChI is InChI=1S/C84H104N2/c1-9-17-53-83(54-18-10-2)79-61-71(39-37-67-29-25-65(26-30-67)33-35-69-41-47-73(48-42-69)85(57-21-13-5)58-22-14-6)45-51-75(79)77-64-82-78(63-81(77)83)76-52-46-72(62-80(76)84(82,55-19-11-3)56-20-12-4)40-38-68-31-27-66(28-32-68)34-36-70-43-49-74(50-44-70)86(59-23-15-7)60-24-16-8/h25-52,61-64H,9-24,53-60H2,1-8H3/b35-33+,36-34+,39-37+,40-38+. The van der Waals surface area contributed by atoms with E-state index in [-0.39, 0.29) is 10.8 Å². The predicted molar refractivity (Wildman–Crippen MR) is 383 cm³/mol. The second kappa shape index (κ2) is 31.7. The van der Waals surface area contributed by atoms with Gasteiger partial charge >= 0.3 is 0 Å². The van der Waals surface area contributed by atoms with Crippen LogP contribution in [0.25, 0.3) is 70.9 Å². The van der Waals surface area contributed by atoms with Crippen molar-refractivity contribution in [3.8, 4) is 22.3 Å². The van der Waals surface area contributed by atoms with E-state index in [0.717, 1.165) is 26.2 Å². The summed E-state index contributed by atoms with van der Waals surface area (Å²) in [5, 5.41) is 0. The molecule has 0 amide bonds. The summed E-state index contributed by atoms with van der Waals surface area (Å²) in [5.41, 5.74) is 24.8. The first-order valence-corrected chi connectivity index (χ1v) is 34.3. The molecular formula is C84H104N2. The molecule has 0 atom stereocenters. The number of nitrogens with zero attached hydrogens (tertiary/aromatic N) is 2. The lowest BCUT2D eigenvalue weighted by molar-refractivity contribution is 0.410. The number of hydrogen-bond donors (Lipinski definition) is 0. The van der Waals surface area contributed by atoms with Crippen molar-refractivity contribution in [3.05, 3.63) is 212 Å². The Kier molecular flexibility index (Phi) is 23.4. The number of rotatable bonds is 34. The van der Waals surface area contributed by atoms with Crippen LogP contribution >= 0.6 is 0 Å². The lowest BCUT2D eigenvalue weighted by atomic mass is 9.68. The number of benzene rings is 7. The minimum Gasteiger partial charge on any atom is -0.372 e. The molecule has 0 radical (unpaired) electrons. The molecule has 0 saturated heterocycles. The van der Waals surface area contributed by atoms with Gasteiger partial charge in [0.15, 0.2) is 0 Å².